The summed E-state index contributed by atoms with van der Waals surface area (Å²) < 4.78 is 42.0. The van der Waals surface area contributed by atoms with Crippen LogP contribution >= 0.6 is 0 Å². The van der Waals surface area contributed by atoms with Crippen molar-refractivity contribution in [3.05, 3.63) is 0 Å². The lowest BCUT2D eigenvalue weighted by Gasteiger charge is -2.49. The van der Waals surface area contributed by atoms with E-state index in [1.165, 1.54) is 45.6 Å². The summed E-state index contributed by atoms with van der Waals surface area (Å²) in [6, 6.07) is 0. The number of ether oxygens (including phenoxy) is 1. The maximum absolute atomic E-state index is 11.3. The van der Waals surface area contributed by atoms with Gasteiger partial charge in [-0.05, 0) is 19.9 Å². The minimum Gasteiger partial charge on any atom is -0.394 e. The SMILES string of the molecule is CCCCCCCCCCCCC1(NC)O[C@H](CO)[C@@H](O)[C@H](O)[C@H]1OS(=O)(=O)O. The molecule has 0 radical (unpaired) electrons. The first-order valence-electron chi connectivity index (χ1n) is 10.7. The quantitative estimate of drug-likeness (QED) is 0.188. The van der Waals surface area contributed by atoms with Gasteiger partial charge in [-0.3, -0.25) is 9.87 Å². The Hall–Kier alpha value is -0.330. The molecule has 0 spiro atoms. The summed E-state index contributed by atoms with van der Waals surface area (Å²) >= 11 is 0. The van der Waals surface area contributed by atoms with Crippen LogP contribution in [0, 0.1) is 0 Å². The van der Waals surface area contributed by atoms with Gasteiger partial charge in [0.1, 0.15) is 24.0 Å². The summed E-state index contributed by atoms with van der Waals surface area (Å²) in [7, 11) is -3.38. The van der Waals surface area contributed by atoms with Gasteiger partial charge in [-0.25, -0.2) is 4.18 Å². The maximum Gasteiger partial charge on any atom is 0.397 e. The van der Waals surface area contributed by atoms with E-state index in [1.807, 2.05) is 0 Å². The molecular weight excluding hydrogens is 402 g/mol. The molecule has 0 bridgehead atoms. The highest BCUT2D eigenvalue weighted by Crippen LogP contribution is 2.35. The summed E-state index contributed by atoms with van der Waals surface area (Å²) in [5.74, 6) is 0. The largest absolute Gasteiger partial charge is 0.397 e. The van der Waals surface area contributed by atoms with E-state index in [0.717, 1.165) is 19.3 Å². The van der Waals surface area contributed by atoms with Gasteiger partial charge in [0.25, 0.3) is 0 Å². The number of rotatable bonds is 15. The molecule has 0 aromatic carbocycles. The zero-order chi connectivity index (χ0) is 21.9. The minimum absolute atomic E-state index is 0.278. The third-order valence-electron chi connectivity index (χ3n) is 5.59. The molecule has 0 aromatic rings. The van der Waals surface area contributed by atoms with Gasteiger partial charge in [0.15, 0.2) is 6.10 Å². The molecule has 29 heavy (non-hydrogen) atoms. The van der Waals surface area contributed by atoms with Crippen molar-refractivity contribution in [3.63, 3.8) is 0 Å². The lowest BCUT2D eigenvalue weighted by Crippen LogP contribution is -2.70. The standard InChI is InChI=1S/C19H39NO8S/c1-3-4-5-6-7-8-9-10-11-12-13-19(20-2)18(28-29(24,25)26)17(23)16(22)15(14-21)27-19/h15-18,20-23H,3-14H2,1-2H3,(H,24,25,26)/t15-,16-,17+,18-,19?/m1/s1. The minimum atomic E-state index is -4.89. The summed E-state index contributed by atoms with van der Waals surface area (Å²) in [4.78, 5) is 0. The lowest BCUT2D eigenvalue weighted by molar-refractivity contribution is -0.279. The van der Waals surface area contributed by atoms with Crippen molar-refractivity contribution in [2.24, 2.45) is 0 Å². The Labute approximate surface area is 174 Å². The van der Waals surface area contributed by atoms with Gasteiger partial charge in [0.05, 0.1) is 6.61 Å². The maximum atomic E-state index is 11.3. The Bertz CT molecular complexity index is 546. The summed E-state index contributed by atoms with van der Waals surface area (Å²) in [5.41, 5.74) is -1.47. The van der Waals surface area contributed by atoms with E-state index >= 15 is 0 Å². The monoisotopic (exact) mass is 441 g/mol. The predicted octanol–water partition coefficient (Wildman–Crippen LogP) is 1.51. The van der Waals surface area contributed by atoms with Crippen LogP contribution in [-0.4, -0.2) is 72.1 Å². The van der Waals surface area contributed by atoms with Crippen LogP contribution in [0.5, 0.6) is 0 Å². The second kappa shape index (κ2) is 13.2. The number of aliphatic hydroxyl groups is 3. The number of unbranched alkanes of at least 4 members (excludes halogenated alkanes) is 9. The summed E-state index contributed by atoms with van der Waals surface area (Å²) in [6.07, 6.45) is 5.55. The molecule has 174 valence electrons. The molecule has 5 N–H and O–H groups in total. The molecule has 0 saturated carbocycles. The number of aliphatic hydroxyl groups excluding tert-OH is 3. The molecule has 0 aliphatic carbocycles. The van der Waals surface area contributed by atoms with Gasteiger partial charge in [-0.1, -0.05) is 64.7 Å². The fourth-order valence-corrected chi connectivity index (χ4v) is 4.43. The van der Waals surface area contributed by atoms with Crippen LogP contribution in [0.4, 0.5) is 0 Å². The first-order valence-corrected chi connectivity index (χ1v) is 12.1. The number of hydrogen-bond donors (Lipinski definition) is 5. The normalized spacial score (nSPS) is 30.6. The Kier molecular flexibility index (Phi) is 12.1. The lowest BCUT2D eigenvalue weighted by atomic mass is 9.87. The van der Waals surface area contributed by atoms with Crippen LogP contribution in [0.2, 0.25) is 0 Å². The molecule has 0 amide bonds. The Morgan fingerprint density at radius 2 is 1.48 bits per heavy atom. The van der Waals surface area contributed by atoms with Crippen molar-refractivity contribution < 1.29 is 37.2 Å². The Morgan fingerprint density at radius 3 is 1.93 bits per heavy atom. The Balaban J connectivity index is 2.59. The van der Waals surface area contributed by atoms with E-state index in [1.54, 1.807) is 0 Å². The van der Waals surface area contributed by atoms with E-state index in [4.69, 9.17) is 9.29 Å². The predicted molar refractivity (Wildman–Crippen MR) is 109 cm³/mol. The van der Waals surface area contributed by atoms with Crippen LogP contribution in [0.1, 0.15) is 77.6 Å². The molecule has 1 aliphatic rings. The van der Waals surface area contributed by atoms with E-state index in [-0.39, 0.29) is 6.42 Å². The van der Waals surface area contributed by atoms with Crippen LogP contribution in [-0.2, 0) is 19.3 Å². The van der Waals surface area contributed by atoms with Gasteiger partial charge in [0.2, 0.25) is 0 Å². The molecule has 9 nitrogen and oxygen atoms in total. The van der Waals surface area contributed by atoms with Crippen molar-refractivity contribution in [1.82, 2.24) is 5.32 Å². The average Bonchev–Trinajstić information content (AvgIpc) is 2.68. The molecule has 1 rings (SSSR count). The van der Waals surface area contributed by atoms with Crippen molar-refractivity contribution in [2.75, 3.05) is 13.7 Å². The zero-order valence-corrected chi connectivity index (χ0v) is 18.4. The van der Waals surface area contributed by atoms with E-state index in [9.17, 15) is 23.7 Å². The molecule has 1 fully saturated rings. The van der Waals surface area contributed by atoms with Crippen LogP contribution in [0.25, 0.3) is 0 Å². The molecular formula is C19H39NO8S. The number of hydrogen-bond acceptors (Lipinski definition) is 8. The van der Waals surface area contributed by atoms with Gasteiger partial charge in [-0.15, -0.1) is 0 Å². The van der Waals surface area contributed by atoms with E-state index in [2.05, 4.69) is 16.4 Å². The van der Waals surface area contributed by atoms with Crippen LogP contribution < -0.4 is 5.32 Å². The fraction of sp³-hybridized carbons (Fsp3) is 1.00. The van der Waals surface area contributed by atoms with Gasteiger partial charge in [0, 0.05) is 0 Å². The average molecular weight is 442 g/mol. The van der Waals surface area contributed by atoms with Gasteiger partial charge < -0.3 is 20.1 Å². The molecule has 1 unspecified atom stereocenters. The molecule has 5 atom stereocenters. The highest BCUT2D eigenvalue weighted by atomic mass is 32.3. The smallest absolute Gasteiger partial charge is 0.394 e. The highest BCUT2D eigenvalue weighted by molar-refractivity contribution is 7.80. The summed E-state index contributed by atoms with van der Waals surface area (Å²) in [5, 5.41) is 32.7. The van der Waals surface area contributed by atoms with E-state index in [0.29, 0.717) is 6.42 Å². The Morgan fingerprint density at radius 1 is 0.966 bits per heavy atom. The second-order valence-corrected chi connectivity index (χ2v) is 8.88. The molecule has 0 aromatic heterocycles. The molecule has 1 saturated heterocycles. The number of likely N-dealkylation sites (N-methyl/N-ethyl adjacent to an activating group) is 1. The highest BCUT2D eigenvalue weighted by Gasteiger charge is 2.55. The molecule has 10 heteroatoms. The van der Waals surface area contributed by atoms with Crippen LogP contribution in [0.3, 0.4) is 0 Å². The third kappa shape index (κ3) is 8.74. The van der Waals surface area contributed by atoms with Gasteiger partial charge >= 0.3 is 10.4 Å². The van der Waals surface area contributed by atoms with E-state index < -0.39 is 47.1 Å². The fourth-order valence-electron chi connectivity index (χ4n) is 3.90. The van der Waals surface area contributed by atoms with Crippen molar-refractivity contribution in [1.29, 1.82) is 0 Å². The third-order valence-corrected chi connectivity index (χ3v) is 6.04. The first kappa shape index (κ1) is 26.7. The topological polar surface area (TPSA) is 146 Å². The second-order valence-electron chi connectivity index (χ2n) is 7.84. The number of nitrogens with one attached hydrogen (secondary N) is 1. The molecule has 1 heterocycles. The zero-order valence-electron chi connectivity index (χ0n) is 17.6. The van der Waals surface area contributed by atoms with Crippen molar-refractivity contribution in [3.8, 4) is 0 Å². The first-order chi connectivity index (χ1) is 13.7. The van der Waals surface area contributed by atoms with Gasteiger partial charge in [-0.2, -0.15) is 8.42 Å². The molecule has 1 aliphatic heterocycles. The van der Waals surface area contributed by atoms with Crippen molar-refractivity contribution >= 4 is 10.4 Å². The van der Waals surface area contributed by atoms with Crippen molar-refractivity contribution in [2.45, 2.75) is 108 Å². The van der Waals surface area contributed by atoms with Crippen LogP contribution in [0.15, 0.2) is 0 Å². The summed E-state index contributed by atoms with van der Waals surface area (Å²) in [6.45, 7) is 1.64.